The van der Waals surface area contributed by atoms with E-state index in [1.165, 1.54) is 32.1 Å². The number of ether oxygens (including phenoxy) is 1. The van der Waals surface area contributed by atoms with Crippen LogP contribution >= 0.6 is 0 Å². The van der Waals surface area contributed by atoms with Crippen LogP contribution in [-0.4, -0.2) is 28.1 Å². The van der Waals surface area contributed by atoms with Crippen LogP contribution in [0.25, 0.3) is 11.3 Å². The van der Waals surface area contributed by atoms with Gasteiger partial charge in [0.05, 0.1) is 12.8 Å². The molecule has 1 aliphatic rings. The summed E-state index contributed by atoms with van der Waals surface area (Å²) in [4.78, 5) is 13.6. The van der Waals surface area contributed by atoms with E-state index < -0.39 is 0 Å². The number of nitrogens with zero attached hydrogens (tertiary/aromatic N) is 3. The molecule has 2 N–H and O–H groups in total. The number of pyridine rings is 1. The number of hydrogen-bond donors (Lipinski definition) is 2. The third kappa shape index (κ3) is 5.02. The third-order valence-corrected chi connectivity index (χ3v) is 5.29. The number of rotatable bonds is 7. The third-order valence-electron chi connectivity index (χ3n) is 5.29. The highest BCUT2D eigenvalue weighted by molar-refractivity contribution is 5.64. The van der Waals surface area contributed by atoms with Gasteiger partial charge in [-0.1, -0.05) is 37.5 Å². The van der Waals surface area contributed by atoms with E-state index in [1.54, 1.807) is 19.5 Å². The Morgan fingerprint density at radius 3 is 2.59 bits per heavy atom. The first-order chi connectivity index (χ1) is 14.3. The van der Waals surface area contributed by atoms with E-state index in [4.69, 9.17) is 14.7 Å². The first kappa shape index (κ1) is 19.2. The predicted molar refractivity (Wildman–Crippen MR) is 116 cm³/mol. The Morgan fingerprint density at radius 1 is 1.00 bits per heavy atom. The number of aromatic nitrogens is 3. The lowest BCUT2D eigenvalue weighted by atomic mass is 9.96. The Morgan fingerprint density at radius 2 is 1.79 bits per heavy atom. The monoisotopic (exact) mass is 389 g/mol. The van der Waals surface area contributed by atoms with Gasteiger partial charge in [0.25, 0.3) is 0 Å². The second-order valence-electron chi connectivity index (χ2n) is 7.34. The van der Waals surface area contributed by atoms with Crippen LogP contribution in [0.1, 0.15) is 37.7 Å². The smallest absolute Gasteiger partial charge is 0.225 e. The van der Waals surface area contributed by atoms with Crippen LogP contribution in [0.3, 0.4) is 0 Å². The number of nitrogens with one attached hydrogen (secondary N) is 2. The average Bonchev–Trinajstić information content (AvgIpc) is 2.79. The zero-order valence-electron chi connectivity index (χ0n) is 16.8. The molecule has 150 valence electrons. The molecule has 1 aliphatic carbocycles. The van der Waals surface area contributed by atoms with Crippen LogP contribution in [0.15, 0.2) is 54.9 Å². The summed E-state index contributed by atoms with van der Waals surface area (Å²) in [6.45, 7) is 0.625. The molecular weight excluding hydrogens is 362 g/mol. The van der Waals surface area contributed by atoms with Gasteiger partial charge in [-0.15, -0.1) is 0 Å². The van der Waals surface area contributed by atoms with Gasteiger partial charge in [-0.3, -0.25) is 4.98 Å². The summed E-state index contributed by atoms with van der Waals surface area (Å²) in [5, 5.41) is 6.99. The van der Waals surface area contributed by atoms with Crippen LogP contribution in [0.4, 0.5) is 11.8 Å². The van der Waals surface area contributed by atoms with Gasteiger partial charge in [-0.05, 0) is 31.0 Å². The number of para-hydroxylation sites is 1. The molecule has 1 saturated carbocycles. The molecule has 4 rings (SSSR count). The quantitative estimate of drug-likeness (QED) is 0.599. The van der Waals surface area contributed by atoms with Crippen molar-refractivity contribution in [3.63, 3.8) is 0 Å². The first-order valence-corrected chi connectivity index (χ1v) is 10.2. The van der Waals surface area contributed by atoms with Crippen LogP contribution < -0.4 is 15.4 Å². The summed E-state index contributed by atoms with van der Waals surface area (Å²) in [5.74, 6) is 2.33. The lowest BCUT2D eigenvalue weighted by molar-refractivity contribution is 0.410. The van der Waals surface area contributed by atoms with Crippen LogP contribution in [-0.2, 0) is 6.54 Å². The van der Waals surface area contributed by atoms with Gasteiger partial charge < -0.3 is 15.4 Å². The zero-order chi connectivity index (χ0) is 19.9. The highest BCUT2D eigenvalue weighted by atomic mass is 16.5. The largest absolute Gasteiger partial charge is 0.496 e. The molecule has 29 heavy (non-hydrogen) atoms. The number of benzene rings is 1. The zero-order valence-corrected chi connectivity index (χ0v) is 16.8. The summed E-state index contributed by atoms with van der Waals surface area (Å²) in [6, 6.07) is 14.4. The van der Waals surface area contributed by atoms with Gasteiger partial charge in [0.2, 0.25) is 5.95 Å². The topological polar surface area (TPSA) is 72.0 Å². The first-order valence-electron chi connectivity index (χ1n) is 10.2. The molecule has 0 unspecified atom stereocenters. The maximum absolute atomic E-state index is 5.46. The van der Waals surface area contributed by atoms with E-state index in [2.05, 4.69) is 21.7 Å². The molecule has 6 nitrogen and oxygen atoms in total. The van der Waals surface area contributed by atoms with E-state index in [1.807, 2.05) is 36.4 Å². The fourth-order valence-corrected chi connectivity index (χ4v) is 3.74. The molecule has 3 aromatic rings. The Labute approximate surface area is 171 Å². The van der Waals surface area contributed by atoms with Crippen LogP contribution in [0.2, 0.25) is 0 Å². The van der Waals surface area contributed by atoms with E-state index >= 15 is 0 Å². The molecule has 1 fully saturated rings. The Balaban J connectivity index is 1.58. The Hall–Kier alpha value is -3.15. The van der Waals surface area contributed by atoms with E-state index in [9.17, 15) is 0 Å². The Bertz CT molecular complexity index is 926. The molecule has 0 saturated heterocycles. The Kier molecular flexibility index (Phi) is 6.19. The van der Waals surface area contributed by atoms with Gasteiger partial charge in [-0.25, -0.2) is 4.98 Å². The molecule has 0 spiro atoms. The van der Waals surface area contributed by atoms with Gasteiger partial charge in [-0.2, -0.15) is 4.98 Å². The normalized spacial score (nSPS) is 14.4. The predicted octanol–water partition coefficient (Wildman–Crippen LogP) is 4.90. The maximum atomic E-state index is 5.46. The molecule has 0 aliphatic heterocycles. The minimum Gasteiger partial charge on any atom is -0.496 e. The van der Waals surface area contributed by atoms with Crippen molar-refractivity contribution in [1.82, 2.24) is 15.0 Å². The number of hydrogen-bond acceptors (Lipinski definition) is 6. The van der Waals surface area contributed by atoms with Crippen LogP contribution in [0.5, 0.6) is 5.75 Å². The van der Waals surface area contributed by atoms with Gasteiger partial charge >= 0.3 is 0 Å². The lowest BCUT2D eigenvalue weighted by Crippen LogP contribution is -2.23. The highest BCUT2D eigenvalue weighted by Gasteiger charge is 2.15. The highest BCUT2D eigenvalue weighted by Crippen LogP contribution is 2.25. The van der Waals surface area contributed by atoms with Crippen molar-refractivity contribution < 1.29 is 4.74 Å². The summed E-state index contributed by atoms with van der Waals surface area (Å²) < 4.78 is 5.46. The molecule has 0 amide bonds. The molecule has 2 heterocycles. The summed E-state index contributed by atoms with van der Waals surface area (Å²) in [5.41, 5.74) is 2.98. The summed E-state index contributed by atoms with van der Waals surface area (Å²) in [6.07, 6.45) is 9.77. The van der Waals surface area contributed by atoms with E-state index in [0.29, 0.717) is 18.5 Å². The minimum absolute atomic E-state index is 0.443. The fourth-order valence-electron chi connectivity index (χ4n) is 3.74. The maximum Gasteiger partial charge on any atom is 0.225 e. The second-order valence-corrected chi connectivity index (χ2v) is 7.34. The van der Waals surface area contributed by atoms with Crippen LogP contribution in [0, 0.1) is 0 Å². The molecule has 1 aromatic carbocycles. The van der Waals surface area contributed by atoms with Crippen molar-refractivity contribution in [2.75, 3.05) is 17.7 Å². The number of anilines is 2. The van der Waals surface area contributed by atoms with Crippen molar-refractivity contribution >= 4 is 11.8 Å². The molecule has 0 atom stereocenters. The summed E-state index contributed by atoms with van der Waals surface area (Å²) >= 11 is 0. The lowest BCUT2D eigenvalue weighted by Gasteiger charge is -2.23. The van der Waals surface area contributed by atoms with Gasteiger partial charge in [0.15, 0.2) is 0 Å². The molecule has 0 bridgehead atoms. The number of methoxy groups -OCH3 is 1. The SMILES string of the molecule is COc1ccccc1CNc1cc(-c2ccncc2)nc(NC2CCCCC2)n1. The molecule has 0 radical (unpaired) electrons. The van der Waals surface area contributed by atoms with Crippen molar-refractivity contribution in [2.24, 2.45) is 0 Å². The van der Waals surface area contributed by atoms with E-state index in [-0.39, 0.29) is 0 Å². The van der Waals surface area contributed by atoms with Crippen molar-refractivity contribution in [1.29, 1.82) is 0 Å². The van der Waals surface area contributed by atoms with Gasteiger partial charge in [0.1, 0.15) is 11.6 Å². The second kappa shape index (κ2) is 9.37. The summed E-state index contributed by atoms with van der Waals surface area (Å²) in [7, 11) is 1.69. The van der Waals surface area contributed by atoms with E-state index in [0.717, 1.165) is 28.4 Å². The van der Waals surface area contributed by atoms with Crippen molar-refractivity contribution in [3.05, 3.63) is 60.4 Å². The molecular formula is C23H27N5O. The molecule has 2 aromatic heterocycles. The standard InChI is InChI=1S/C23H27N5O/c1-29-21-10-6-5-7-18(21)16-25-22-15-20(17-11-13-24-14-12-17)27-23(28-22)26-19-8-3-2-4-9-19/h5-7,10-15,19H,2-4,8-9,16H2,1H3,(H2,25,26,27,28). The van der Waals surface area contributed by atoms with Crippen molar-refractivity contribution in [2.45, 2.75) is 44.7 Å². The average molecular weight is 390 g/mol. The molecule has 6 heteroatoms. The van der Waals surface area contributed by atoms with Crippen molar-refractivity contribution in [3.8, 4) is 17.0 Å². The fraction of sp³-hybridized carbons (Fsp3) is 0.348. The van der Waals surface area contributed by atoms with Gasteiger partial charge in [0, 0.05) is 42.2 Å². The minimum atomic E-state index is 0.443.